The third kappa shape index (κ3) is 4.31. The van der Waals surface area contributed by atoms with Gasteiger partial charge in [-0.15, -0.1) is 0 Å². The van der Waals surface area contributed by atoms with Crippen LogP contribution in [0.5, 0.6) is 0 Å². The van der Waals surface area contributed by atoms with Crippen LogP contribution in [0.4, 0.5) is 4.79 Å². The van der Waals surface area contributed by atoms with Crippen molar-refractivity contribution in [1.82, 2.24) is 4.90 Å². The van der Waals surface area contributed by atoms with E-state index in [0.29, 0.717) is 32.7 Å². The van der Waals surface area contributed by atoms with E-state index in [1.54, 1.807) is 0 Å². The molecule has 1 saturated heterocycles. The number of rotatable bonds is 7. The molecule has 1 aromatic rings. The van der Waals surface area contributed by atoms with Crippen LogP contribution in [0.3, 0.4) is 0 Å². The van der Waals surface area contributed by atoms with Gasteiger partial charge in [0.2, 0.25) is 5.91 Å². The fraction of sp³-hybridized carbons (Fsp3) is 0.529. The molecule has 5 nitrogen and oxygen atoms in total. The fourth-order valence-electron chi connectivity index (χ4n) is 2.42. The Hall–Kier alpha value is -1.88. The number of ether oxygens (including phenoxy) is 2. The van der Waals surface area contributed by atoms with Gasteiger partial charge in [-0.2, -0.15) is 0 Å². The fourth-order valence-corrected chi connectivity index (χ4v) is 2.42. The van der Waals surface area contributed by atoms with Crippen LogP contribution in [0.1, 0.15) is 32.3 Å². The summed E-state index contributed by atoms with van der Waals surface area (Å²) in [5.74, 6) is 0.0224. The third-order valence-electron chi connectivity index (χ3n) is 3.74. The van der Waals surface area contributed by atoms with Gasteiger partial charge < -0.3 is 9.47 Å². The van der Waals surface area contributed by atoms with Crippen molar-refractivity contribution in [2.24, 2.45) is 5.92 Å². The highest BCUT2D eigenvalue weighted by Gasteiger charge is 2.38. The maximum atomic E-state index is 12.2. The molecule has 1 heterocycles. The van der Waals surface area contributed by atoms with Gasteiger partial charge in [-0.25, -0.2) is 9.69 Å². The van der Waals surface area contributed by atoms with E-state index < -0.39 is 6.09 Å². The highest BCUT2D eigenvalue weighted by Crippen LogP contribution is 2.20. The zero-order chi connectivity index (χ0) is 15.9. The molecule has 0 radical (unpaired) electrons. The van der Waals surface area contributed by atoms with Crippen LogP contribution >= 0.6 is 0 Å². The maximum Gasteiger partial charge on any atom is 0.416 e. The molecular weight excluding hydrogens is 282 g/mol. The third-order valence-corrected chi connectivity index (χ3v) is 3.74. The van der Waals surface area contributed by atoms with Crippen LogP contribution in [-0.4, -0.2) is 36.2 Å². The molecule has 0 bridgehead atoms. The van der Waals surface area contributed by atoms with Crippen LogP contribution in [0.15, 0.2) is 30.3 Å². The van der Waals surface area contributed by atoms with Crippen molar-refractivity contribution in [1.29, 1.82) is 0 Å². The molecule has 2 rings (SSSR count). The normalized spacial score (nSPS) is 17.9. The Bertz CT molecular complexity index is 501. The van der Waals surface area contributed by atoms with Crippen molar-refractivity contribution in [2.75, 3.05) is 13.2 Å². The molecule has 1 aliphatic heterocycles. The molecule has 1 atom stereocenters. The van der Waals surface area contributed by atoms with Gasteiger partial charge in [0.15, 0.2) is 0 Å². The molecule has 1 aromatic carbocycles. The first-order valence-corrected chi connectivity index (χ1v) is 7.70. The number of cyclic esters (lactones) is 1. The molecule has 0 spiro atoms. The first kappa shape index (κ1) is 16.5. The van der Waals surface area contributed by atoms with Crippen LogP contribution in [0.2, 0.25) is 0 Å². The minimum atomic E-state index is -0.520. The zero-order valence-electron chi connectivity index (χ0n) is 13.2. The van der Waals surface area contributed by atoms with E-state index in [2.05, 4.69) is 0 Å². The average Bonchev–Trinajstić information content (AvgIpc) is 2.90. The van der Waals surface area contributed by atoms with E-state index in [0.717, 1.165) is 5.56 Å². The Labute approximate surface area is 131 Å². The second-order valence-electron chi connectivity index (χ2n) is 5.79. The number of hydrogen-bond donors (Lipinski definition) is 0. The first-order valence-electron chi connectivity index (χ1n) is 7.70. The van der Waals surface area contributed by atoms with E-state index in [9.17, 15) is 9.59 Å². The molecule has 1 fully saturated rings. The van der Waals surface area contributed by atoms with E-state index in [1.807, 2.05) is 44.2 Å². The van der Waals surface area contributed by atoms with E-state index in [1.165, 1.54) is 4.90 Å². The molecule has 5 heteroatoms. The first-order chi connectivity index (χ1) is 10.6. The summed E-state index contributed by atoms with van der Waals surface area (Å²) in [7, 11) is 0. The molecule has 1 aliphatic rings. The van der Waals surface area contributed by atoms with Crippen LogP contribution in [0.25, 0.3) is 0 Å². The molecule has 120 valence electrons. The van der Waals surface area contributed by atoms with Gasteiger partial charge in [-0.05, 0) is 17.9 Å². The van der Waals surface area contributed by atoms with Gasteiger partial charge in [0, 0.05) is 13.0 Å². The van der Waals surface area contributed by atoms with Crippen molar-refractivity contribution in [3.05, 3.63) is 35.9 Å². The summed E-state index contributed by atoms with van der Waals surface area (Å²) < 4.78 is 10.5. The minimum Gasteiger partial charge on any atom is -0.447 e. The molecule has 2 amide bonds. The van der Waals surface area contributed by atoms with Crippen molar-refractivity contribution in [3.63, 3.8) is 0 Å². The summed E-state index contributed by atoms with van der Waals surface area (Å²) in [5, 5.41) is 0. The van der Waals surface area contributed by atoms with Crippen molar-refractivity contribution >= 4 is 12.0 Å². The molecule has 22 heavy (non-hydrogen) atoms. The second kappa shape index (κ2) is 7.94. The number of benzene rings is 1. The largest absolute Gasteiger partial charge is 0.447 e. The number of carbonyl (C=O) groups is 2. The zero-order valence-corrected chi connectivity index (χ0v) is 13.2. The Morgan fingerprint density at radius 2 is 2.09 bits per heavy atom. The van der Waals surface area contributed by atoms with Gasteiger partial charge in [0.1, 0.15) is 6.61 Å². The van der Waals surface area contributed by atoms with Gasteiger partial charge in [-0.1, -0.05) is 44.2 Å². The average molecular weight is 305 g/mol. The molecule has 0 saturated carbocycles. The lowest BCUT2D eigenvalue weighted by Crippen LogP contribution is -2.41. The van der Waals surface area contributed by atoms with Gasteiger partial charge in [0.05, 0.1) is 12.6 Å². The Balaban J connectivity index is 1.70. The second-order valence-corrected chi connectivity index (χ2v) is 5.79. The summed E-state index contributed by atoms with van der Waals surface area (Å²) in [5.41, 5.74) is 1.11. The topological polar surface area (TPSA) is 55.8 Å². The summed E-state index contributed by atoms with van der Waals surface area (Å²) in [6.45, 7) is 5.30. The molecule has 0 aliphatic carbocycles. The minimum absolute atomic E-state index is 0.148. The van der Waals surface area contributed by atoms with Crippen molar-refractivity contribution in [2.45, 2.75) is 39.3 Å². The standard InChI is InChI=1S/C17H23NO4/c1-13(2)15-12-22-17(20)18(15)16(19)9-6-10-21-11-14-7-4-3-5-8-14/h3-5,7-8,13,15H,6,9-12H2,1-2H3/t15-/m1/s1. The van der Waals surface area contributed by atoms with Gasteiger partial charge >= 0.3 is 6.09 Å². The Kier molecular flexibility index (Phi) is 5.95. The van der Waals surface area contributed by atoms with E-state index in [4.69, 9.17) is 9.47 Å². The Morgan fingerprint density at radius 1 is 1.36 bits per heavy atom. The predicted octanol–water partition coefficient (Wildman–Crippen LogP) is 2.99. The van der Waals surface area contributed by atoms with Crippen molar-refractivity contribution in [3.8, 4) is 0 Å². The number of hydrogen-bond acceptors (Lipinski definition) is 4. The Morgan fingerprint density at radius 3 is 2.77 bits per heavy atom. The highest BCUT2D eigenvalue weighted by molar-refractivity contribution is 5.93. The SMILES string of the molecule is CC(C)[C@H]1COC(=O)N1C(=O)CCCOCc1ccccc1. The summed E-state index contributed by atoms with van der Waals surface area (Å²) in [4.78, 5) is 25.1. The number of amides is 2. The lowest BCUT2D eigenvalue weighted by molar-refractivity contribution is -0.130. The molecular formula is C17H23NO4. The molecule has 0 aromatic heterocycles. The maximum absolute atomic E-state index is 12.2. The summed E-state index contributed by atoms with van der Waals surface area (Å²) in [6, 6.07) is 9.74. The van der Waals surface area contributed by atoms with Gasteiger partial charge in [-0.3, -0.25) is 4.79 Å². The number of carbonyl (C=O) groups excluding carboxylic acids is 2. The quantitative estimate of drug-likeness (QED) is 0.727. The monoisotopic (exact) mass is 305 g/mol. The lowest BCUT2D eigenvalue weighted by atomic mass is 10.0. The van der Waals surface area contributed by atoms with Gasteiger partial charge in [0.25, 0.3) is 0 Å². The predicted molar refractivity (Wildman–Crippen MR) is 82.2 cm³/mol. The summed E-state index contributed by atoms with van der Waals surface area (Å²) in [6.07, 6.45) is 0.377. The summed E-state index contributed by atoms with van der Waals surface area (Å²) >= 11 is 0. The van der Waals surface area contributed by atoms with Crippen LogP contribution in [0, 0.1) is 5.92 Å². The molecule has 0 N–H and O–H groups in total. The van der Waals surface area contributed by atoms with E-state index in [-0.39, 0.29) is 17.9 Å². The highest BCUT2D eigenvalue weighted by atomic mass is 16.6. The molecule has 0 unspecified atom stereocenters. The van der Waals surface area contributed by atoms with E-state index >= 15 is 0 Å². The van der Waals surface area contributed by atoms with Crippen molar-refractivity contribution < 1.29 is 19.1 Å². The smallest absolute Gasteiger partial charge is 0.416 e. The van der Waals surface area contributed by atoms with Crippen LogP contribution in [-0.2, 0) is 20.9 Å². The van der Waals surface area contributed by atoms with Crippen LogP contribution < -0.4 is 0 Å². The lowest BCUT2D eigenvalue weighted by Gasteiger charge is -2.22. The number of nitrogens with zero attached hydrogens (tertiary/aromatic N) is 1. The number of imide groups is 1.